The average molecular weight is 228 g/mol. The number of carbonyl (C=O) groups is 1. The van der Waals surface area contributed by atoms with Gasteiger partial charge >= 0.3 is 0 Å². The number of rotatable bonds is 4. The van der Waals surface area contributed by atoms with Crippen molar-refractivity contribution in [3.63, 3.8) is 0 Å². The largest absolute Gasteiger partial charge is 0.496 e. The number of amides is 1. The molecule has 0 aliphatic carbocycles. The molecular weight excluding hydrogens is 214 g/mol. The number of halogens is 1. The third-order valence-electron chi connectivity index (χ3n) is 2.00. The molecule has 0 unspecified atom stereocenters. The third kappa shape index (κ3) is 3.44. The zero-order valence-electron chi connectivity index (χ0n) is 8.84. The number of alkyl halides is 1. The van der Waals surface area contributed by atoms with Gasteiger partial charge in [0, 0.05) is 18.0 Å². The fourth-order valence-electron chi connectivity index (χ4n) is 1.27. The van der Waals surface area contributed by atoms with E-state index in [1.807, 2.05) is 19.1 Å². The maximum Gasteiger partial charge on any atom is 0.225 e. The smallest absolute Gasteiger partial charge is 0.225 e. The molecule has 0 bridgehead atoms. The summed E-state index contributed by atoms with van der Waals surface area (Å²) in [6, 6.07) is 5.49. The predicted molar refractivity (Wildman–Crippen MR) is 61.7 cm³/mol. The van der Waals surface area contributed by atoms with Crippen molar-refractivity contribution in [2.45, 2.75) is 13.3 Å². The van der Waals surface area contributed by atoms with Crippen molar-refractivity contribution in [3.8, 4) is 5.75 Å². The van der Waals surface area contributed by atoms with Crippen LogP contribution in [0.15, 0.2) is 18.2 Å². The Morgan fingerprint density at radius 3 is 2.80 bits per heavy atom. The van der Waals surface area contributed by atoms with Crippen molar-refractivity contribution >= 4 is 23.2 Å². The van der Waals surface area contributed by atoms with Gasteiger partial charge in [-0.3, -0.25) is 4.79 Å². The van der Waals surface area contributed by atoms with E-state index >= 15 is 0 Å². The summed E-state index contributed by atoms with van der Waals surface area (Å²) in [5, 5.41) is 2.76. The van der Waals surface area contributed by atoms with E-state index in [0.717, 1.165) is 17.0 Å². The van der Waals surface area contributed by atoms with Crippen LogP contribution in [-0.4, -0.2) is 18.9 Å². The molecule has 0 fully saturated rings. The molecule has 3 nitrogen and oxygen atoms in total. The molecule has 0 aromatic heterocycles. The van der Waals surface area contributed by atoms with Gasteiger partial charge in [-0.25, -0.2) is 0 Å². The minimum atomic E-state index is -0.0745. The van der Waals surface area contributed by atoms with Crippen LogP contribution in [0.4, 0.5) is 5.69 Å². The Morgan fingerprint density at radius 2 is 2.27 bits per heavy atom. The third-order valence-corrected chi connectivity index (χ3v) is 2.19. The van der Waals surface area contributed by atoms with E-state index in [-0.39, 0.29) is 5.91 Å². The Labute approximate surface area is 94.4 Å². The first-order valence-electron chi connectivity index (χ1n) is 4.68. The van der Waals surface area contributed by atoms with Crippen LogP contribution in [0, 0.1) is 6.92 Å². The highest BCUT2D eigenvalue weighted by Gasteiger charge is 2.03. The lowest BCUT2D eigenvalue weighted by Gasteiger charge is -2.08. The molecule has 0 saturated heterocycles. The molecule has 1 aromatic carbocycles. The number of ether oxygens (including phenoxy) is 1. The maximum atomic E-state index is 11.3. The Hall–Kier alpha value is -1.22. The van der Waals surface area contributed by atoms with E-state index in [1.54, 1.807) is 13.2 Å². The number of carbonyl (C=O) groups excluding carboxylic acids is 1. The lowest BCUT2D eigenvalue weighted by atomic mass is 10.2. The molecule has 82 valence electrons. The SMILES string of the molecule is COc1ccc(NC(=O)CCCl)cc1C. The first-order chi connectivity index (χ1) is 7.17. The molecule has 4 heteroatoms. The van der Waals surface area contributed by atoms with E-state index in [1.165, 1.54) is 0 Å². The van der Waals surface area contributed by atoms with Gasteiger partial charge in [0.1, 0.15) is 5.75 Å². The Bertz CT molecular complexity index is 352. The van der Waals surface area contributed by atoms with E-state index in [0.29, 0.717) is 12.3 Å². The van der Waals surface area contributed by atoms with Crippen molar-refractivity contribution in [1.29, 1.82) is 0 Å². The Morgan fingerprint density at radius 1 is 1.53 bits per heavy atom. The summed E-state index contributed by atoms with van der Waals surface area (Å²) in [4.78, 5) is 11.3. The average Bonchev–Trinajstić information content (AvgIpc) is 2.18. The van der Waals surface area contributed by atoms with Crippen molar-refractivity contribution < 1.29 is 9.53 Å². The first kappa shape index (κ1) is 11.9. The Balaban J connectivity index is 2.71. The van der Waals surface area contributed by atoms with Crippen LogP contribution >= 0.6 is 11.6 Å². The fraction of sp³-hybridized carbons (Fsp3) is 0.364. The minimum Gasteiger partial charge on any atom is -0.496 e. The summed E-state index contributed by atoms with van der Waals surface area (Å²) >= 11 is 5.46. The standard InChI is InChI=1S/C11H14ClNO2/c1-8-7-9(3-4-10(8)15-2)13-11(14)5-6-12/h3-4,7H,5-6H2,1-2H3,(H,13,14). The van der Waals surface area contributed by atoms with E-state index in [9.17, 15) is 4.79 Å². The van der Waals surface area contributed by atoms with Crippen LogP contribution in [0.5, 0.6) is 5.75 Å². The first-order valence-corrected chi connectivity index (χ1v) is 5.21. The van der Waals surface area contributed by atoms with Crippen molar-refractivity contribution in [1.82, 2.24) is 0 Å². The normalized spacial score (nSPS) is 9.80. The Kier molecular flexibility index (Phi) is 4.43. The molecule has 1 N–H and O–H groups in total. The molecule has 0 aliphatic rings. The van der Waals surface area contributed by atoms with Crippen LogP contribution in [0.3, 0.4) is 0 Å². The molecule has 15 heavy (non-hydrogen) atoms. The summed E-state index contributed by atoms with van der Waals surface area (Å²) in [6.07, 6.45) is 0.326. The summed E-state index contributed by atoms with van der Waals surface area (Å²) < 4.78 is 5.12. The van der Waals surface area contributed by atoms with Gasteiger partial charge in [-0.15, -0.1) is 11.6 Å². The molecule has 1 rings (SSSR count). The molecule has 0 heterocycles. The highest BCUT2D eigenvalue weighted by Crippen LogP contribution is 2.21. The van der Waals surface area contributed by atoms with Crippen LogP contribution in [0.1, 0.15) is 12.0 Å². The zero-order valence-corrected chi connectivity index (χ0v) is 9.60. The summed E-state index contributed by atoms with van der Waals surface area (Å²) in [6.45, 7) is 1.93. The van der Waals surface area contributed by atoms with Crippen molar-refractivity contribution in [3.05, 3.63) is 23.8 Å². The summed E-state index contributed by atoms with van der Waals surface area (Å²) in [7, 11) is 1.62. The van der Waals surface area contributed by atoms with Crippen LogP contribution in [0.25, 0.3) is 0 Å². The second kappa shape index (κ2) is 5.61. The molecule has 1 amide bonds. The van der Waals surface area contributed by atoms with Crippen molar-refractivity contribution in [2.24, 2.45) is 0 Å². The van der Waals surface area contributed by atoms with Gasteiger partial charge < -0.3 is 10.1 Å². The van der Waals surface area contributed by atoms with Gasteiger partial charge in [-0.1, -0.05) is 0 Å². The van der Waals surface area contributed by atoms with Gasteiger partial charge in [0.15, 0.2) is 0 Å². The number of methoxy groups -OCH3 is 1. The second-order valence-electron chi connectivity index (χ2n) is 3.17. The van der Waals surface area contributed by atoms with Crippen molar-refractivity contribution in [2.75, 3.05) is 18.3 Å². The monoisotopic (exact) mass is 227 g/mol. The molecule has 0 saturated carbocycles. The van der Waals surface area contributed by atoms with E-state index in [2.05, 4.69) is 5.32 Å². The molecule has 0 atom stereocenters. The van der Waals surface area contributed by atoms with Crippen LogP contribution < -0.4 is 10.1 Å². The van der Waals surface area contributed by atoms with Gasteiger partial charge in [0.2, 0.25) is 5.91 Å². The van der Waals surface area contributed by atoms with Gasteiger partial charge in [-0.2, -0.15) is 0 Å². The number of aryl methyl sites for hydroxylation is 1. The van der Waals surface area contributed by atoms with E-state index in [4.69, 9.17) is 16.3 Å². The number of nitrogens with one attached hydrogen (secondary N) is 1. The van der Waals surface area contributed by atoms with E-state index < -0.39 is 0 Å². The number of hydrogen-bond acceptors (Lipinski definition) is 2. The molecule has 0 spiro atoms. The maximum absolute atomic E-state index is 11.3. The molecule has 0 radical (unpaired) electrons. The predicted octanol–water partition coefficient (Wildman–Crippen LogP) is 2.57. The molecule has 0 aliphatic heterocycles. The lowest BCUT2D eigenvalue weighted by Crippen LogP contribution is -2.11. The lowest BCUT2D eigenvalue weighted by molar-refractivity contribution is -0.115. The highest BCUT2D eigenvalue weighted by atomic mass is 35.5. The van der Waals surface area contributed by atoms with Gasteiger partial charge in [0.05, 0.1) is 7.11 Å². The molecular formula is C11H14ClNO2. The highest BCUT2D eigenvalue weighted by molar-refractivity contribution is 6.19. The number of anilines is 1. The van der Waals surface area contributed by atoms with Crippen LogP contribution in [-0.2, 0) is 4.79 Å². The number of benzene rings is 1. The quantitative estimate of drug-likeness (QED) is 0.803. The second-order valence-corrected chi connectivity index (χ2v) is 3.55. The minimum absolute atomic E-state index is 0.0745. The number of hydrogen-bond donors (Lipinski definition) is 1. The molecule has 1 aromatic rings. The summed E-state index contributed by atoms with van der Waals surface area (Å²) in [5.74, 6) is 1.07. The summed E-state index contributed by atoms with van der Waals surface area (Å²) in [5.41, 5.74) is 1.75. The topological polar surface area (TPSA) is 38.3 Å². The van der Waals surface area contributed by atoms with Gasteiger partial charge in [0.25, 0.3) is 0 Å². The van der Waals surface area contributed by atoms with Gasteiger partial charge in [-0.05, 0) is 30.7 Å². The fourth-order valence-corrected chi connectivity index (χ4v) is 1.44. The van der Waals surface area contributed by atoms with Crippen LogP contribution in [0.2, 0.25) is 0 Å². The zero-order chi connectivity index (χ0) is 11.3.